The topological polar surface area (TPSA) is 3.24 Å². The Labute approximate surface area is 107 Å². The summed E-state index contributed by atoms with van der Waals surface area (Å²) in [7, 11) is 0. The molecule has 3 rings (SSSR count). The molecule has 0 amide bonds. The molecule has 0 aromatic heterocycles. The molecular formula is C16H29N. The van der Waals surface area contributed by atoms with Crippen LogP contribution < -0.4 is 0 Å². The molecule has 0 radical (unpaired) electrons. The molecule has 1 saturated heterocycles. The molecule has 17 heavy (non-hydrogen) atoms. The molecule has 98 valence electrons. The lowest BCUT2D eigenvalue weighted by molar-refractivity contribution is 0.00247. The van der Waals surface area contributed by atoms with E-state index in [9.17, 15) is 0 Å². The van der Waals surface area contributed by atoms with Gasteiger partial charge in [-0.3, -0.25) is 4.90 Å². The first-order chi connectivity index (χ1) is 8.34. The van der Waals surface area contributed by atoms with E-state index in [1.165, 1.54) is 70.8 Å². The fourth-order valence-corrected chi connectivity index (χ4v) is 4.80. The van der Waals surface area contributed by atoms with E-state index in [0.717, 1.165) is 23.9 Å². The van der Waals surface area contributed by atoms with Crippen molar-refractivity contribution >= 4 is 0 Å². The van der Waals surface area contributed by atoms with E-state index in [-0.39, 0.29) is 0 Å². The number of fused-ring (bicyclic) bond motifs is 1. The summed E-state index contributed by atoms with van der Waals surface area (Å²) in [5.41, 5.74) is 0. The second kappa shape index (κ2) is 5.30. The van der Waals surface area contributed by atoms with Crippen molar-refractivity contribution in [1.29, 1.82) is 0 Å². The molecule has 0 aromatic carbocycles. The molecule has 2 aliphatic carbocycles. The smallest absolute Gasteiger partial charge is 0.0127 e. The first-order valence-electron chi connectivity index (χ1n) is 8.10. The third kappa shape index (κ3) is 2.54. The van der Waals surface area contributed by atoms with Gasteiger partial charge in [-0.05, 0) is 63.3 Å². The minimum absolute atomic E-state index is 0.963. The summed E-state index contributed by atoms with van der Waals surface area (Å²) in [5.74, 6) is 2.05. The van der Waals surface area contributed by atoms with Crippen LogP contribution in [0.1, 0.15) is 71.1 Å². The highest BCUT2D eigenvalue weighted by Gasteiger charge is 2.38. The van der Waals surface area contributed by atoms with Crippen molar-refractivity contribution in [1.82, 2.24) is 4.90 Å². The van der Waals surface area contributed by atoms with Gasteiger partial charge in [0.1, 0.15) is 0 Å². The van der Waals surface area contributed by atoms with Gasteiger partial charge < -0.3 is 0 Å². The number of piperidine rings is 1. The summed E-state index contributed by atoms with van der Waals surface area (Å²) in [4.78, 5) is 2.96. The maximum atomic E-state index is 2.96. The Hall–Kier alpha value is -0.0400. The van der Waals surface area contributed by atoms with E-state index in [4.69, 9.17) is 0 Å². The van der Waals surface area contributed by atoms with Crippen molar-refractivity contribution < 1.29 is 0 Å². The average Bonchev–Trinajstić information content (AvgIpc) is 2.39. The van der Waals surface area contributed by atoms with Crippen LogP contribution in [-0.2, 0) is 0 Å². The van der Waals surface area contributed by atoms with E-state index in [0.29, 0.717) is 0 Å². The Kier molecular flexibility index (Phi) is 3.75. The van der Waals surface area contributed by atoms with Crippen molar-refractivity contribution in [3.05, 3.63) is 0 Å². The van der Waals surface area contributed by atoms with Gasteiger partial charge in [0.25, 0.3) is 0 Å². The lowest BCUT2D eigenvalue weighted by Gasteiger charge is -2.49. The van der Waals surface area contributed by atoms with E-state index >= 15 is 0 Å². The van der Waals surface area contributed by atoms with Crippen molar-refractivity contribution in [2.45, 2.75) is 83.2 Å². The highest BCUT2D eigenvalue weighted by Crippen LogP contribution is 2.40. The summed E-state index contributed by atoms with van der Waals surface area (Å²) < 4.78 is 0. The average molecular weight is 235 g/mol. The van der Waals surface area contributed by atoms with Crippen LogP contribution >= 0.6 is 0 Å². The number of likely N-dealkylation sites (tertiary alicyclic amines) is 1. The Morgan fingerprint density at radius 3 is 2.47 bits per heavy atom. The van der Waals surface area contributed by atoms with Gasteiger partial charge in [0, 0.05) is 12.1 Å². The zero-order valence-electron chi connectivity index (χ0n) is 11.5. The molecule has 1 nitrogen and oxygen atoms in total. The highest BCUT2D eigenvalue weighted by molar-refractivity contribution is 4.92. The SMILES string of the molecule is CC1CCC2C(CCCN2C2CCCCC2)C1. The van der Waals surface area contributed by atoms with Crippen molar-refractivity contribution in [2.24, 2.45) is 11.8 Å². The van der Waals surface area contributed by atoms with Crippen LogP contribution in [0.5, 0.6) is 0 Å². The van der Waals surface area contributed by atoms with Crippen molar-refractivity contribution in [2.75, 3.05) is 6.54 Å². The Morgan fingerprint density at radius 2 is 1.65 bits per heavy atom. The fraction of sp³-hybridized carbons (Fsp3) is 1.00. The van der Waals surface area contributed by atoms with Gasteiger partial charge in [0.2, 0.25) is 0 Å². The lowest BCUT2D eigenvalue weighted by Crippen LogP contribution is -2.52. The molecule has 1 heterocycles. The largest absolute Gasteiger partial charge is 0.297 e. The molecule has 0 bridgehead atoms. The van der Waals surface area contributed by atoms with E-state index in [2.05, 4.69) is 11.8 Å². The molecular weight excluding hydrogens is 206 g/mol. The maximum Gasteiger partial charge on any atom is 0.0127 e. The number of hydrogen-bond donors (Lipinski definition) is 0. The Balaban J connectivity index is 1.66. The minimum atomic E-state index is 0.963. The molecule has 0 aromatic rings. The number of rotatable bonds is 1. The molecule has 1 aliphatic heterocycles. The van der Waals surface area contributed by atoms with Crippen LogP contribution in [0, 0.1) is 11.8 Å². The van der Waals surface area contributed by atoms with Gasteiger partial charge in [-0.15, -0.1) is 0 Å². The van der Waals surface area contributed by atoms with E-state index in [1.807, 2.05) is 0 Å². The third-order valence-corrected chi connectivity index (χ3v) is 5.67. The van der Waals surface area contributed by atoms with Crippen LogP contribution in [0.15, 0.2) is 0 Å². The van der Waals surface area contributed by atoms with Gasteiger partial charge in [-0.25, -0.2) is 0 Å². The van der Waals surface area contributed by atoms with E-state index < -0.39 is 0 Å². The van der Waals surface area contributed by atoms with Gasteiger partial charge in [-0.2, -0.15) is 0 Å². The molecule has 1 heteroatoms. The highest BCUT2D eigenvalue weighted by atomic mass is 15.2. The second-order valence-electron chi connectivity index (χ2n) is 6.92. The molecule has 2 saturated carbocycles. The first-order valence-corrected chi connectivity index (χ1v) is 8.10. The first kappa shape index (κ1) is 12.0. The van der Waals surface area contributed by atoms with Crippen LogP contribution in [0.4, 0.5) is 0 Å². The number of nitrogens with zero attached hydrogens (tertiary/aromatic N) is 1. The second-order valence-corrected chi connectivity index (χ2v) is 6.92. The predicted molar refractivity (Wildman–Crippen MR) is 73.1 cm³/mol. The quantitative estimate of drug-likeness (QED) is 0.658. The standard InChI is InChI=1S/C16H29N/c1-13-9-10-16-14(12-13)6-5-11-17(16)15-7-3-2-4-8-15/h13-16H,2-12H2,1H3. The van der Waals surface area contributed by atoms with Crippen molar-refractivity contribution in [3.63, 3.8) is 0 Å². The van der Waals surface area contributed by atoms with Crippen LogP contribution in [0.25, 0.3) is 0 Å². The van der Waals surface area contributed by atoms with Gasteiger partial charge in [0.15, 0.2) is 0 Å². The summed E-state index contributed by atoms with van der Waals surface area (Å²) in [5, 5.41) is 0. The summed E-state index contributed by atoms with van der Waals surface area (Å²) >= 11 is 0. The van der Waals surface area contributed by atoms with Gasteiger partial charge in [0.05, 0.1) is 0 Å². The molecule has 0 spiro atoms. The summed E-state index contributed by atoms with van der Waals surface area (Å²) in [6, 6.07) is 1.94. The van der Waals surface area contributed by atoms with Gasteiger partial charge >= 0.3 is 0 Å². The normalized spacial score (nSPS) is 41.1. The molecule has 3 fully saturated rings. The zero-order valence-corrected chi connectivity index (χ0v) is 11.5. The van der Waals surface area contributed by atoms with Crippen molar-refractivity contribution in [3.8, 4) is 0 Å². The van der Waals surface area contributed by atoms with E-state index in [1.54, 1.807) is 0 Å². The van der Waals surface area contributed by atoms with Crippen LogP contribution in [0.2, 0.25) is 0 Å². The molecule has 3 atom stereocenters. The zero-order chi connectivity index (χ0) is 11.7. The Morgan fingerprint density at radius 1 is 0.824 bits per heavy atom. The minimum Gasteiger partial charge on any atom is -0.297 e. The van der Waals surface area contributed by atoms with Crippen LogP contribution in [-0.4, -0.2) is 23.5 Å². The molecule has 3 aliphatic rings. The molecule has 3 unspecified atom stereocenters. The fourth-order valence-electron chi connectivity index (χ4n) is 4.80. The number of hydrogen-bond acceptors (Lipinski definition) is 1. The predicted octanol–water partition coefficient (Wildman–Crippen LogP) is 4.22. The third-order valence-electron chi connectivity index (χ3n) is 5.67. The van der Waals surface area contributed by atoms with Gasteiger partial charge in [-0.1, -0.05) is 26.2 Å². The summed E-state index contributed by atoms with van der Waals surface area (Å²) in [6.07, 6.45) is 15.0. The molecule has 0 N–H and O–H groups in total. The maximum absolute atomic E-state index is 2.96. The summed E-state index contributed by atoms with van der Waals surface area (Å²) in [6.45, 7) is 3.88. The monoisotopic (exact) mass is 235 g/mol. The van der Waals surface area contributed by atoms with Crippen LogP contribution in [0.3, 0.4) is 0 Å². The lowest BCUT2D eigenvalue weighted by atomic mass is 9.73. The Bertz CT molecular complexity index is 244.